The summed E-state index contributed by atoms with van der Waals surface area (Å²) in [6, 6.07) is 21.5. The van der Waals surface area contributed by atoms with E-state index in [2.05, 4.69) is 56.3 Å². The second kappa shape index (κ2) is 25.9. The highest BCUT2D eigenvalue weighted by molar-refractivity contribution is 8.00. The Kier molecular flexibility index (Phi) is 19.5. The highest BCUT2D eigenvalue weighted by atomic mass is 32.2. The summed E-state index contributed by atoms with van der Waals surface area (Å²) in [5.74, 6) is 0.961. The number of aliphatic hydroxyl groups is 2. The SMILES string of the molecule is O=C(CCCCC1SCC2NC(=O)NC21)NCCCCCC(=O)NCCNC(O)c1ccc(CN(Cc2ccccn2)CC(O)CN(Cc2ccccn2)Cc2ccccn2)nc1. The van der Waals surface area contributed by atoms with Gasteiger partial charge in [0.25, 0.3) is 0 Å². The van der Waals surface area contributed by atoms with Crippen LogP contribution in [0.4, 0.5) is 4.79 Å². The molecule has 2 aliphatic heterocycles. The van der Waals surface area contributed by atoms with E-state index in [9.17, 15) is 24.6 Å². The van der Waals surface area contributed by atoms with Crippen LogP contribution >= 0.6 is 11.8 Å². The molecule has 0 bridgehead atoms. The number of hydrogen-bond donors (Lipinski definition) is 7. The molecule has 2 fully saturated rings. The molecule has 5 unspecified atom stereocenters. The highest BCUT2D eigenvalue weighted by Gasteiger charge is 2.42. The molecule has 338 valence electrons. The lowest BCUT2D eigenvalue weighted by Crippen LogP contribution is -2.40. The summed E-state index contributed by atoms with van der Waals surface area (Å²) in [7, 11) is 0. The molecule has 0 saturated carbocycles. The van der Waals surface area contributed by atoms with Crippen LogP contribution in [0.3, 0.4) is 0 Å². The summed E-state index contributed by atoms with van der Waals surface area (Å²) in [6.07, 6.45) is 11.4. The minimum atomic E-state index is -0.956. The number of amides is 4. The molecule has 7 N–H and O–H groups in total. The van der Waals surface area contributed by atoms with Crippen molar-refractivity contribution in [2.45, 2.75) is 107 Å². The molecule has 5 atom stereocenters. The fourth-order valence-electron chi connectivity index (χ4n) is 7.90. The van der Waals surface area contributed by atoms with Gasteiger partial charge in [0.05, 0.1) is 41.0 Å². The number of carbonyl (C=O) groups is 3. The lowest BCUT2D eigenvalue weighted by Gasteiger charge is -2.29. The molecule has 0 aliphatic carbocycles. The molecule has 6 rings (SSSR count). The first-order chi connectivity index (χ1) is 30.8. The molecule has 6 heterocycles. The third kappa shape index (κ3) is 16.9. The van der Waals surface area contributed by atoms with Gasteiger partial charge in [-0.05, 0) is 68.1 Å². The molecular formula is C46H63N11O5S. The Morgan fingerprint density at radius 1 is 0.683 bits per heavy atom. The summed E-state index contributed by atoms with van der Waals surface area (Å²) in [5.41, 5.74) is 4.09. The van der Waals surface area contributed by atoms with Gasteiger partial charge in [-0.25, -0.2) is 4.79 Å². The van der Waals surface area contributed by atoms with Gasteiger partial charge in [0, 0.05) is 113 Å². The average molecular weight is 882 g/mol. The average Bonchev–Trinajstić information content (AvgIpc) is 3.85. The van der Waals surface area contributed by atoms with Crippen molar-refractivity contribution < 1.29 is 24.6 Å². The van der Waals surface area contributed by atoms with Crippen molar-refractivity contribution in [3.8, 4) is 0 Å². The van der Waals surface area contributed by atoms with E-state index in [0.29, 0.717) is 82.6 Å². The molecule has 2 saturated heterocycles. The van der Waals surface area contributed by atoms with E-state index in [1.807, 2.05) is 78.5 Å². The molecule has 4 aromatic rings. The number of nitrogens with one attached hydrogen (secondary N) is 5. The van der Waals surface area contributed by atoms with Crippen LogP contribution in [0, 0.1) is 0 Å². The number of thioether (sulfide) groups is 1. The molecular weight excluding hydrogens is 819 g/mol. The Bertz CT molecular complexity index is 1910. The Hall–Kier alpha value is -5.04. The number of aromatic nitrogens is 4. The Balaban J connectivity index is 0.847. The number of unbranched alkanes of at least 4 members (excludes halogenated alkanes) is 3. The molecule has 0 radical (unpaired) electrons. The van der Waals surface area contributed by atoms with E-state index in [-0.39, 0.29) is 29.9 Å². The van der Waals surface area contributed by atoms with Gasteiger partial charge in [-0.1, -0.05) is 37.1 Å². The minimum absolute atomic E-state index is 0.0458. The summed E-state index contributed by atoms with van der Waals surface area (Å²) in [4.78, 5) is 58.6. The number of fused-ring (bicyclic) bond motifs is 1. The fraction of sp³-hybridized carbons (Fsp3) is 0.500. The van der Waals surface area contributed by atoms with E-state index < -0.39 is 12.3 Å². The van der Waals surface area contributed by atoms with Crippen LogP contribution in [0.1, 0.15) is 85.9 Å². The monoisotopic (exact) mass is 881 g/mol. The van der Waals surface area contributed by atoms with Crippen LogP contribution < -0.4 is 26.6 Å². The van der Waals surface area contributed by atoms with E-state index in [4.69, 9.17) is 0 Å². The van der Waals surface area contributed by atoms with E-state index in [1.54, 1.807) is 24.8 Å². The first-order valence-electron chi connectivity index (χ1n) is 22.2. The topological polar surface area (TPSA) is 210 Å². The fourth-order valence-corrected chi connectivity index (χ4v) is 9.44. The van der Waals surface area contributed by atoms with Crippen molar-refractivity contribution in [1.82, 2.24) is 56.3 Å². The second-order valence-corrected chi connectivity index (χ2v) is 17.5. The van der Waals surface area contributed by atoms with Gasteiger partial charge in [-0.15, -0.1) is 0 Å². The lowest BCUT2D eigenvalue weighted by molar-refractivity contribution is -0.122. The predicted molar refractivity (Wildman–Crippen MR) is 243 cm³/mol. The maximum Gasteiger partial charge on any atom is 0.315 e. The summed E-state index contributed by atoms with van der Waals surface area (Å²) in [6.45, 7) is 4.24. The molecule has 4 amide bonds. The minimum Gasteiger partial charge on any atom is -0.390 e. The van der Waals surface area contributed by atoms with Crippen LogP contribution in [-0.2, 0) is 35.8 Å². The van der Waals surface area contributed by atoms with Crippen LogP contribution in [0.5, 0.6) is 0 Å². The van der Waals surface area contributed by atoms with Crippen molar-refractivity contribution in [2.75, 3.05) is 38.5 Å². The number of carbonyl (C=O) groups excluding carboxylic acids is 3. The number of nitrogens with zero attached hydrogens (tertiary/aromatic N) is 6. The second-order valence-electron chi connectivity index (χ2n) is 16.3. The highest BCUT2D eigenvalue weighted by Crippen LogP contribution is 2.33. The first-order valence-corrected chi connectivity index (χ1v) is 23.2. The van der Waals surface area contributed by atoms with Crippen molar-refractivity contribution >= 4 is 29.6 Å². The van der Waals surface area contributed by atoms with Crippen LogP contribution in [-0.4, -0.2) is 120 Å². The largest absolute Gasteiger partial charge is 0.390 e. The van der Waals surface area contributed by atoms with E-state index >= 15 is 0 Å². The maximum absolute atomic E-state index is 12.4. The van der Waals surface area contributed by atoms with Crippen LogP contribution in [0.15, 0.2) is 91.5 Å². The molecule has 17 heteroatoms. The third-order valence-electron chi connectivity index (χ3n) is 11.1. The van der Waals surface area contributed by atoms with Gasteiger partial charge in [-0.3, -0.25) is 44.6 Å². The zero-order chi connectivity index (χ0) is 44.1. The zero-order valence-electron chi connectivity index (χ0n) is 36.0. The quantitative estimate of drug-likeness (QED) is 0.0248. The number of pyridine rings is 4. The number of rotatable bonds is 28. The third-order valence-corrected chi connectivity index (χ3v) is 12.6. The Labute approximate surface area is 374 Å². The summed E-state index contributed by atoms with van der Waals surface area (Å²) in [5, 5.41) is 37.6. The number of urea groups is 1. The number of aliphatic hydroxyl groups excluding tert-OH is 2. The molecule has 63 heavy (non-hydrogen) atoms. The normalized spacial score (nSPS) is 17.8. The molecule has 4 aromatic heterocycles. The molecule has 2 aliphatic rings. The molecule has 0 aromatic carbocycles. The van der Waals surface area contributed by atoms with Crippen molar-refractivity contribution in [3.63, 3.8) is 0 Å². The lowest BCUT2D eigenvalue weighted by atomic mass is 10.0. The first kappa shape index (κ1) is 47.4. The van der Waals surface area contributed by atoms with Crippen LogP contribution in [0.25, 0.3) is 0 Å². The van der Waals surface area contributed by atoms with E-state index in [0.717, 1.165) is 67.1 Å². The number of hydrogen-bond acceptors (Lipinski definition) is 13. The van der Waals surface area contributed by atoms with Gasteiger partial charge >= 0.3 is 6.03 Å². The summed E-state index contributed by atoms with van der Waals surface area (Å²) < 4.78 is 0. The van der Waals surface area contributed by atoms with E-state index in [1.165, 1.54) is 0 Å². The van der Waals surface area contributed by atoms with Crippen molar-refractivity contribution in [2.24, 2.45) is 0 Å². The smallest absolute Gasteiger partial charge is 0.315 e. The molecule has 0 spiro atoms. The van der Waals surface area contributed by atoms with Gasteiger partial charge in [0.1, 0.15) is 6.23 Å². The Morgan fingerprint density at radius 3 is 1.81 bits per heavy atom. The van der Waals surface area contributed by atoms with Gasteiger partial charge < -0.3 is 31.5 Å². The van der Waals surface area contributed by atoms with Gasteiger partial charge in [0.2, 0.25) is 11.8 Å². The van der Waals surface area contributed by atoms with Crippen molar-refractivity contribution in [3.05, 3.63) is 120 Å². The van der Waals surface area contributed by atoms with Crippen molar-refractivity contribution in [1.29, 1.82) is 0 Å². The Morgan fingerprint density at radius 2 is 1.25 bits per heavy atom. The summed E-state index contributed by atoms with van der Waals surface area (Å²) >= 11 is 1.90. The van der Waals surface area contributed by atoms with Crippen LogP contribution in [0.2, 0.25) is 0 Å². The predicted octanol–water partition coefficient (Wildman–Crippen LogP) is 3.43. The van der Waals surface area contributed by atoms with Gasteiger partial charge in [0.15, 0.2) is 0 Å². The standard InChI is InChI=1S/C46H63N11O5S/c58-39(31-56(27-35-12-5-9-20-47-35)28-36-13-6-10-21-48-36)32-57(29-37-14-7-11-22-49-37)30-38-19-18-34(26-53-38)45(61)52-25-24-51-43(60)16-2-1-8-23-50-42(59)17-4-3-15-41-44-40(33-63-41)54-46(62)55-44/h5-7,9-14,18-22,26,39-41,44-45,52,58,61H,1-4,8,15-17,23-25,27-33H2,(H,50,59)(H,51,60)(H2,54,55,62). The molecule has 16 nitrogen and oxygen atoms in total. The zero-order valence-corrected chi connectivity index (χ0v) is 36.8. The van der Waals surface area contributed by atoms with Gasteiger partial charge in [-0.2, -0.15) is 11.8 Å². The maximum atomic E-state index is 12.4.